The van der Waals surface area contributed by atoms with E-state index in [0.717, 1.165) is 0 Å². The number of nitrogens with one attached hydrogen (secondary N) is 1. The first-order valence-corrected chi connectivity index (χ1v) is 9.23. The van der Waals surface area contributed by atoms with Crippen LogP contribution in [0.4, 0.5) is 10.8 Å². The molecule has 3 aromatic rings. The summed E-state index contributed by atoms with van der Waals surface area (Å²) in [6, 6.07) is 6.08. The zero-order valence-electron chi connectivity index (χ0n) is 13.8. The number of amides is 1. The van der Waals surface area contributed by atoms with Crippen molar-refractivity contribution in [2.45, 2.75) is 17.3 Å². The lowest BCUT2D eigenvalue weighted by molar-refractivity contribution is -0.384. The third-order valence-electron chi connectivity index (χ3n) is 3.49. The normalized spacial score (nSPS) is 11.9. The second-order valence-corrected chi connectivity index (χ2v) is 7.46. The number of nitro benzene ring substituents is 1. The number of carbonyl (C=O) groups excluding carboxylic acids is 1. The van der Waals surface area contributed by atoms with Crippen molar-refractivity contribution < 1.29 is 9.72 Å². The van der Waals surface area contributed by atoms with Crippen LogP contribution in [0.1, 0.15) is 6.92 Å². The molecule has 2 aromatic heterocycles. The standard InChI is InChI=1S/C15H14N6O3S2/c1-9(13(22)17-14-16-7-8-25-14)26-15-19-18-12(20(15)2)10-3-5-11(6-4-10)21(23)24/h3-9H,1-2H3,(H,16,17,22)/t9-/m1/s1. The van der Waals surface area contributed by atoms with Gasteiger partial charge in [-0.1, -0.05) is 11.8 Å². The van der Waals surface area contributed by atoms with Gasteiger partial charge in [-0.25, -0.2) is 4.98 Å². The van der Waals surface area contributed by atoms with Gasteiger partial charge < -0.3 is 9.88 Å². The van der Waals surface area contributed by atoms with Crippen LogP contribution in [0.2, 0.25) is 0 Å². The molecule has 134 valence electrons. The van der Waals surface area contributed by atoms with Crippen molar-refractivity contribution in [3.8, 4) is 11.4 Å². The molecule has 0 bridgehead atoms. The molecule has 2 heterocycles. The quantitative estimate of drug-likeness (QED) is 0.391. The highest BCUT2D eigenvalue weighted by Gasteiger charge is 2.20. The van der Waals surface area contributed by atoms with Crippen LogP contribution >= 0.6 is 23.1 Å². The second kappa shape index (κ2) is 7.62. The minimum atomic E-state index is -0.454. The van der Waals surface area contributed by atoms with Crippen molar-refractivity contribution in [1.29, 1.82) is 0 Å². The molecule has 0 aliphatic heterocycles. The van der Waals surface area contributed by atoms with Crippen molar-refractivity contribution in [2.24, 2.45) is 7.05 Å². The summed E-state index contributed by atoms with van der Waals surface area (Å²) in [5, 5.41) is 24.2. The van der Waals surface area contributed by atoms with Gasteiger partial charge in [0.25, 0.3) is 5.69 Å². The number of rotatable bonds is 6. The largest absolute Gasteiger partial charge is 0.305 e. The fourth-order valence-corrected chi connectivity index (χ4v) is 3.45. The van der Waals surface area contributed by atoms with Crippen LogP contribution in [-0.2, 0) is 11.8 Å². The Balaban J connectivity index is 1.72. The molecule has 9 nitrogen and oxygen atoms in total. The van der Waals surface area contributed by atoms with Gasteiger partial charge in [-0.05, 0) is 19.1 Å². The lowest BCUT2D eigenvalue weighted by atomic mass is 10.2. The second-order valence-electron chi connectivity index (χ2n) is 5.26. The Kier molecular flexibility index (Phi) is 5.28. The Bertz CT molecular complexity index is 924. The molecule has 1 N–H and O–H groups in total. The first kappa shape index (κ1) is 18.0. The summed E-state index contributed by atoms with van der Waals surface area (Å²) in [5.74, 6) is 0.389. The zero-order valence-corrected chi connectivity index (χ0v) is 15.5. The number of anilines is 1. The maximum atomic E-state index is 12.2. The Morgan fingerprint density at radius 2 is 2.08 bits per heavy atom. The van der Waals surface area contributed by atoms with E-state index < -0.39 is 10.2 Å². The van der Waals surface area contributed by atoms with Crippen molar-refractivity contribution in [2.75, 3.05) is 5.32 Å². The summed E-state index contributed by atoms with van der Waals surface area (Å²) >= 11 is 2.62. The first-order chi connectivity index (χ1) is 12.5. The van der Waals surface area contributed by atoms with Crippen LogP contribution in [0.5, 0.6) is 0 Å². The summed E-state index contributed by atoms with van der Waals surface area (Å²) in [4.78, 5) is 26.5. The molecule has 0 aliphatic rings. The van der Waals surface area contributed by atoms with Crippen LogP contribution < -0.4 is 5.32 Å². The third-order valence-corrected chi connectivity index (χ3v) is 5.31. The van der Waals surface area contributed by atoms with E-state index in [1.54, 1.807) is 42.2 Å². The average Bonchev–Trinajstić information content (AvgIpc) is 3.25. The number of nitro groups is 1. The van der Waals surface area contributed by atoms with Gasteiger partial charge in [0.15, 0.2) is 16.1 Å². The fourth-order valence-electron chi connectivity index (χ4n) is 2.10. The van der Waals surface area contributed by atoms with Gasteiger partial charge in [-0.15, -0.1) is 21.5 Å². The molecule has 3 rings (SSSR count). The molecule has 0 saturated carbocycles. The fraction of sp³-hybridized carbons (Fsp3) is 0.200. The van der Waals surface area contributed by atoms with Gasteiger partial charge >= 0.3 is 0 Å². The van der Waals surface area contributed by atoms with Crippen molar-refractivity contribution >= 4 is 39.8 Å². The number of carbonyl (C=O) groups is 1. The highest BCUT2D eigenvalue weighted by molar-refractivity contribution is 8.00. The van der Waals surface area contributed by atoms with Gasteiger partial charge in [-0.3, -0.25) is 14.9 Å². The van der Waals surface area contributed by atoms with Crippen molar-refractivity contribution in [3.05, 3.63) is 46.0 Å². The Morgan fingerprint density at radius 3 is 2.69 bits per heavy atom. The highest BCUT2D eigenvalue weighted by Crippen LogP contribution is 2.27. The molecule has 0 aliphatic carbocycles. The Labute approximate surface area is 156 Å². The molecule has 0 unspecified atom stereocenters. The van der Waals surface area contributed by atoms with E-state index in [-0.39, 0.29) is 11.6 Å². The maximum Gasteiger partial charge on any atom is 0.269 e. The van der Waals surface area contributed by atoms with Gasteiger partial charge in [0, 0.05) is 36.3 Å². The van der Waals surface area contributed by atoms with Crippen LogP contribution in [0, 0.1) is 10.1 Å². The molecule has 0 saturated heterocycles. The number of hydrogen-bond donors (Lipinski definition) is 1. The summed E-state index contributed by atoms with van der Waals surface area (Å²) in [6.07, 6.45) is 1.62. The molecular weight excluding hydrogens is 376 g/mol. The molecule has 0 spiro atoms. The third kappa shape index (κ3) is 3.89. The van der Waals surface area contributed by atoms with E-state index in [9.17, 15) is 14.9 Å². The highest BCUT2D eigenvalue weighted by atomic mass is 32.2. The van der Waals surface area contributed by atoms with Crippen molar-refractivity contribution in [3.63, 3.8) is 0 Å². The van der Waals surface area contributed by atoms with E-state index in [1.165, 1.54) is 35.2 Å². The lowest BCUT2D eigenvalue weighted by Crippen LogP contribution is -2.22. The summed E-state index contributed by atoms with van der Waals surface area (Å²) in [6.45, 7) is 1.77. The Hall–Kier alpha value is -2.79. The predicted octanol–water partition coefficient (Wildman–Crippen LogP) is 2.97. The molecule has 26 heavy (non-hydrogen) atoms. The van der Waals surface area contributed by atoms with E-state index in [4.69, 9.17) is 0 Å². The topological polar surface area (TPSA) is 116 Å². The monoisotopic (exact) mass is 390 g/mol. The number of aromatic nitrogens is 4. The smallest absolute Gasteiger partial charge is 0.269 e. The zero-order chi connectivity index (χ0) is 18.7. The summed E-state index contributed by atoms with van der Waals surface area (Å²) in [5.41, 5.74) is 0.718. The van der Waals surface area contributed by atoms with Crippen LogP contribution in [-0.4, -0.2) is 35.8 Å². The minimum absolute atomic E-state index is 0.0120. The number of benzene rings is 1. The molecule has 0 fully saturated rings. The number of nitrogens with zero attached hydrogens (tertiary/aromatic N) is 5. The van der Waals surface area contributed by atoms with Gasteiger partial charge in [0.1, 0.15) is 0 Å². The molecule has 1 aromatic carbocycles. The van der Waals surface area contributed by atoms with E-state index in [1.807, 2.05) is 0 Å². The van der Waals surface area contributed by atoms with Crippen molar-refractivity contribution in [1.82, 2.24) is 19.7 Å². The van der Waals surface area contributed by atoms with E-state index in [0.29, 0.717) is 21.7 Å². The van der Waals surface area contributed by atoms with Crippen LogP contribution in [0.3, 0.4) is 0 Å². The lowest BCUT2D eigenvalue weighted by Gasteiger charge is -2.10. The predicted molar refractivity (Wildman–Crippen MR) is 99.2 cm³/mol. The molecule has 11 heteroatoms. The molecule has 1 atom stereocenters. The molecule has 1 amide bonds. The average molecular weight is 390 g/mol. The number of thioether (sulfide) groups is 1. The van der Waals surface area contributed by atoms with Crippen LogP contribution in [0.15, 0.2) is 41.0 Å². The van der Waals surface area contributed by atoms with Crippen LogP contribution in [0.25, 0.3) is 11.4 Å². The van der Waals surface area contributed by atoms with E-state index >= 15 is 0 Å². The maximum absolute atomic E-state index is 12.2. The van der Waals surface area contributed by atoms with Gasteiger partial charge in [0.05, 0.1) is 10.2 Å². The number of thiazole rings is 1. The molecular formula is C15H14N6O3S2. The Morgan fingerprint density at radius 1 is 1.35 bits per heavy atom. The SMILES string of the molecule is C[C@@H](Sc1nnc(-c2ccc([N+](=O)[O-])cc2)n1C)C(=O)Nc1nccs1. The van der Waals surface area contributed by atoms with Gasteiger partial charge in [-0.2, -0.15) is 0 Å². The van der Waals surface area contributed by atoms with E-state index in [2.05, 4.69) is 20.5 Å². The van der Waals surface area contributed by atoms with Gasteiger partial charge in [0.2, 0.25) is 5.91 Å². The number of hydrogen-bond acceptors (Lipinski definition) is 8. The molecule has 0 radical (unpaired) electrons. The summed E-state index contributed by atoms with van der Waals surface area (Å²) in [7, 11) is 1.78. The summed E-state index contributed by atoms with van der Waals surface area (Å²) < 4.78 is 1.75. The minimum Gasteiger partial charge on any atom is -0.305 e. The number of non-ortho nitro benzene ring substituents is 1. The first-order valence-electron chi connectivity index (χ1n) is 7.47.